The number of nitrogens with one attached hydrogen (secondary N) is 2. The van der Waals surface area contributed by atoms with Crippen LogP contribution in [0.15, 0.2) is 23.1 Å². The summed E-state index contributed by atoms with van der Waals surface area (Å²) in [5, 5.41) is 3.23. The predicted molar refractivity (Wildman–Crippen MR) is 79.3 cm³/mol. The van der Waals surface area contributed by atoms with E-state index < -0.39 is 10.0 Å². The molecule has 1 aromatic rings. The van der Waals surface area contributed by atoms with Gasteiger partial charge in [-0.1, -0.05) is 6.07 Å². The van der Waals surface area contributed by atoms with Crippen molar-refractivity contribution in [2.45, 2.75) is 25.2 Å². The van der Waals surface area contributed by atoms with Crippen LogP contribution in [0.2, 0.25) is 0 Å². The van der Waals surface area contributed by atoms with Crippen molar-refractivity contribution < 1.29 is 8.42 Å². The van der Waals surface area contributed by atoms with Gasteiger partial charge in [-0.2, -0.15) is 0 Å². The van der Waals surface area contributed by atoms with Gasteiger partial charge < -0.3 is 5.32 Å². The van der Waals surface area contributed by atoms with E-state index >= 15 is 0 Å². The fraction of sp³-hybridized carbons (Fsp3) is 0.538. The van der Waals surface area contributed by atoms with Gasteiger partial charge in [0.15, 0.2) is 0 Å². The van der Waals surface area contributed by atoms with Gasteiger partial charge in [-0.25, -0.2) is 13.1 Å². The molecule has 1 aromatic carbocycles. The van der Waals surface area contributed by atoms with Gasteiger partial charge in [-0.05, 0) is 62.5 Å². The molecule has 19 heavy (non-hydrogen) atoms. The van der Waals surface area contributed by atoms with Gasteiger partial charge in [-0.15, -0.1) is 12.4 Å². The van der Waals surface area contributed by atoms with Crippen LogP contribution in [0.3, 0.4) is 0 Å². The van der Waals surface area contributed by atoms with Crippen molar-refractivity contribution in [3.63, 3.8) is 0 Å². The van der Waals surface area contributed by atoms with Crippen LogP contribution < -0.4 is 10.0 Å². The molecular weight excluding hydrogens is 284 g/mol. The number of halogens is 1. The largest absolute Gasteiger partial charge is 0.316 e. The van der Waals surface area contributed by atoms with Crippen LogP contribution in [0, 0.1) is 19.8 Å². The van der Waals surface area contributed by atoms with Gasteiger partial charge >= 0.3 is 0 Å². The number of hydrogen-bond acceptors (Lipinski definition) is 3. The first-order valence-corrected chi connectivity index (χ1v) is 7.75. The second-order valence-electron chi connectivity index (χ2n) is 4.96. The van der Waals surface area contributed by atoms with Crippen LogP contribution in [-0.4, -0.2) is 28.1 Å². The lowest BCUT2D eigenvalue weighted by molar-refractivity contribution is 0.538. The van der Waals surface area contributed by atoms with E-state index in [-0.39, 0.29) is 12.4 Å². The maximum absolute atomic E-state index is 12.1. The van der Waals surface area contributed by atoms with Crippen LogP contribution in [0.5, 0.6) is 0 Å². The van der Waals surface area contributed by atoms with Crippen LogP contribution >= 0.6 is 12.4 Å². The molecule has 1 heterocycles. The number of sulfonamides is 1. The molecule has 2 N–H and O–H groups in total. The monoisotopic (exact) mass is 304 g/mol. The fourth-order valence-electron chi connectivity index (χ4n) is 2.08. The lowest BCUT2D eigenvalue weighted by atomic mass is 10.1. The van der Waals surface area contributed by atoms with Gasteiger partial charge in [0.2, 0.25) is 10.0 Å². The summed E-state index contributed by atoms with van der Waals surface area (Å²) in [5.74, 6) is 0.409. The molecule has 0 amide bonds. The van der Waals surface area contributed by atoms with Crippen molar-refractivity contribution in [1.82, 2.24) is 10.0 Å². The number of hydrogen-bond donors (Lipinski definition) is 2. The molecule has 0 saturated carbocycles. The van der Waals surface area contributed by atoms with E-state index in [2.05, 4.69) is 10.0 Å². The molecular formula is C13H21ClN2O2S. The summed E-state index contributed by atoms with van der Waals surface area (Å²) in [7, 11) is -3.36. The Hall–Kier alpha value is -0.620. The minimum absolute atomic E-state index is 0. The summed E-state index contributed by atoms with van der Waals surface area (Å²) in [6.07, 6.45) is 1.04. The average molecular weight is 305 g/mol. The van der Waals surface area contributed by atoms with Gasteiger partial charge in [-0.3, -0.25) is 0 Å². The topological polar surface area (TPSA) is 58.2 Å². The predicted octanol–water partition coefficient (Wildman–Crippen LogP) is 1.61. The Balaban J connectivity index is 0.00000180. The quantitative estimate of drug-likeness (QED) is 0.888. The standard InChI is InChI=1S/C13H20N2O2S.ClH/c1-10-3-4-13(7-11(10)2)18(16,17)15-9-12-5-6-14-8-12;/h3-4,7,12,14-15H,5-6,8-9H2,1-2H3;1H. The Kier molecular flexibility index (Phi) is 5.80. The first kappa shape index (κ1) is 16.4. The van der Waals surface area contributed by atoms with Crippen molar-refractivity contribution in [1.29, 1.82) is 0 Å². The molecule has 0 aliphatic carbocycles. The number of rotatable bonds is 4. The summed E-state index contributed by atoms with van der Waals surface area (Å²) in [5.41, 5.74) is 2.11. The Bertz CT molecular complexity index is 525. The third-order valence-electron chi connectivity index (χ3n) is 3.51. The molecule has 1 atom stereocenters. The van der Waals surface area contributed by atoms with E-state index in [0.717, 1.165) is 30.6 Å². The highest BCUT2D eigenvalue weighted by molar-refractivity contribution is 7.89. The fourth-order valence-corrected chi connectivity index (χ4v) is 3.28. The zero-order valence-corrected chi connectivity index (χ0v) is 12.9. The maximum atomic E-state index is 12.1. The van der Waals surface area contributed by atoms with Crippen LogP contribution in [0.4, 0.5) is 0 Å². The third kappa shape index (κ3) is 4.18. The second-order valence-corrected chi connectivity index (χ2v) is 6.72. The van der Waals surface area contributed by atoms with E-state index in [0.29, 0.717) is 17.4 Å². The van der Waals surface area contributed by atoms with Crippen molar-refractivity contribution in [3.05, 3.63) is 29.3 Å². The number of aryl methyl sites for hydroxylation is 2. The Labute approximate surface area is 121 Å². The van der Waals surface area contributed by atoms with Gasteiger partial charge in [0.25, 0.3) is 0 Å². The highest BCUT2D eigenvalue weighted by Crippen LogP contribution is 2.15. The molecule has 1 aliphatic heterocycles. The number of benzene rings is 1. The maximum Gasteiger partial charge on any atom is 0.240 e. The van der Waals surface area contributed by atoms with E-state index in [4.69, 9.17) is 0 Å². The first-order chi connectivity index (χ1) is 8.49. The van der Waals surface area contributed by atoms with Crippen LogP contribution in [-0.2, 0) is 10.0 Å². The molecule has 1 unspecified atom stereocenters. The van der Waals surface area contributed by atoms with Crippen LogP contribution in [0.25, 0.3) is 0 Å². The van der Waals surface area contributed by atoms with Crippen molar-refractivity contribution in [2.75, 3.05) is 19.6 Å². The van der Waals surface area contributed by atoms with E-state index in [1.165, 1.54) is 0 Å². The normalized spacial score (nSPS) is 19.2. The zero-order chi connectivity index (χ0) is 13.2. The van der Waals surface area contributed by atoms with E-state index in [9.17, 15) is 8.42 Å². The molecule has 6 heteroatoms. The lowest BCUT2D eigenvalue weighted by Crippen LogP contribution is -2.30. The summed E-state index contributed by atoms with van der Waals surface area (Å²) in [6, 6.07) is 5.24. The van der Waals surface area contributed by atoms with Crippen molar-refractivity contribution in [2.24, 2.45) is 5.92 Å². The SMILES string of the molecule is Cc1ccc(S(=O)(=O)NCC2CCNC2)cc1C.Cl. The van der Waals surface area contributed by atoms with Gasteiger partial charge in [0.1, 0.15) is 0 Å². The van der Waals surface area contributed by atoms with Gasteiger partial charge in [0.05, 0.1) is 4.90 Å². The minimum atomic E-state index is -3.36. The molecule has 0 spiro atoms. The summed E-state index contributed by atoms with van der Waals surface area (Å²) in [4.78, 5) is 0.358. The highest BCUT2D eigenvalue weighted by Gasteiger charge is 2.19. The second kappa shape index (κ2) is 6.70. The Morgan fingerprint density at radius 1 is 1.32 bits per heavy atom. The molecule has 0 radical (unpaired) electrons. The molecule has 0 aromatic heterocycles. The molecule has 1 aliphatic rings. The Morgan fingerprint density at radius 3 is 2.63 bits per heavy atom. The molecule has 0 bridgehead atoms. The average Bonchev–Trinajstić information content (AvgIpc) is 2.83. The van der Waals surface area contributed by atoms with Crippen molar-refractivity contribution in [3.8, 4) is 0 Å². The zero-order valence-electron chi connectivity index (χ0n) is 11.3. The molecule has 108 valence electrons. The van der Waals surface area contributed by atoms with E-state index in [1.54, 1.807) is 12.1 Å². The molecule has 2 rings (SSSR count). The minimum Gasteiger partial charge on any atom is -0.316 e. The molecule has 1 fully saturated rings. The lowest BCUT2D eigenvalue weighted by Gasteiger charge is -2.11. The first-order valence-electron chi connectivity index (χ1n) is 6.27. The molecule has 1 saturated heterocycles. The third-order valence-corrected chi connectivity index (χ3v) is 4.93. The summed E-state index contributed by atoms with van der Waals surface area (Å²) < 4.78 is 26.9. The smallest absolute Gasteiger partial charge is 0.240 e. The highest BCUT2D eigenvalue weighted by atomic mass is 35.5. The van der Waals surface area contributed by atoms with Crippen molar-refractivity contribution >= 4 is 22.4 Å². The molecule has 4 nitrogen and oxygen atoms in total. The summed E-state index contributed by atoms with van der Waals surface area (Å²) >= 11 is 0. The van der Waals surface area contributed by atoms with Crippen LogP contribution in [0.1, 0.15) is 17.5 Å². The summed E-state index contributed by atoms with van der Waals surface area (Å²) in [6.45, 7) is 6.30. The van der Waals surface area contributed by atoms with Gasteiger partial charge in [0, 0.05) is 6.54 Å². The Morgan fingerprint density at radius 2 is 2.05 bits per heavy atom. The van der Waals surface area contributed by atoms with E-state index in [1.807, 2.05) is 19.9 Å².